The molecule has 0 spiro atoms. The average Bonchev–Trinajstić information content (AvgIpc) is 2.17. The minimum Gasteiger partial charge on any atom is -0.317 e. The molecule has 0 amide bonds. The molecule has 1 heterocycles. The fourth-order valence-electron chi connectivity index (χ4n) is 0.933. The largest absolute Gasteiger partial charge is 0.460 e. The number of rotatable bonds is 0. The van der Waals surface area contributed by atoms with Crippen LogP contribution >= 0.6 is 0 Å². The van der Waals surface area contributed by atoms with Crippen molar-refractivity contribution in [3.63, 3.8) is 0 Å². The van der Waals surface area contributed by atoms with Gasteiger partial charge in [0.25, 0.3) is 0 Å². The number of nitrogens with one attached hydrogen (secondary N) is 2. The van der Waals surface area contributed by atoms with Gasteiger partial charge in [0.15, 0.2) is 0 Å². The van der Waals surface area contributed by atoms with E-state index in [0.29, 0.717) is 0 Å². The molecule has 2 nitrogen and oxygen atoms in total. The van der Waals surface area contributed by atoms with E-state index in [9.17, 15) is 26.3 Å². The van der Waals surface area contributed by atoms with Crippen LogP contribution in [-0.2, 0) is 10.7 Å². The van der Waals surface area contributed by atoms with Crippen molar-refractivity contribution in [1.82, 2.24) is 5.32 Å². The molecule has 1 rings (SSSR count). The molecule has 9 heteroatoms. The van der Waals surface area contributed by atoms with Crippen LogP contribution in [0.1, 0.15) is 19.3 Å². The van der Waals surface area contributed by atoms with E-state index in [1.54, 1.807) is 0 Å². The zero-order valence-electron chi connectivity index (χ0n) is 8.21. The van der Waals surface area contributed by atoms with Crippen LogP contribution in [0.25, 0.3) is 0 Å². The maximum Gasteiger partial charge on any atom is 0.460 e. The summed E-state index contributed by atoms with van der Waals surface area (Å²) >= 11 is 0. The van der Waals surface area contributed by atoms with Gasteiger partial charge in [-0.2, -0.15) is 26.3 Å². The van der Waals surface area contributed by atoms with Crippen LogP contribution in [0.4, 0.5) is 26.3 Å². The van der Waals surface area contributed by atoms with E-state index >= 15 is 0 Å². The molecule has 0 unspecified atom stereocenters. The summed E-state index contributed by atoms with van der Waals surface area (Å²) in [7, 11) is -4.25. The Labute approximate surface area is 91.3 Å². The summed E-state index contributed by atoms with van der Waals surface area (Å²) in [6, 6.07) is 0. The highest BCUT2D eigenvalue weighted by Gasteiger charge is 2.50. The van der Waals surface area contributed by atoms with Gasteiger partial charge in [0, 0.05) is 0 Å². The maximum atomic E-state index is 11.0. The van der Waals surface area contributed by atoms with E-state index < -0.39 is 21.7 Å². The van der Waals surface area contributed by atoms with E-state index in [4.69, 9.17) is 4.78 Å². The number of halogens is 6. The minimum absolute atomic E-state index is 1.25. The van der Waals surface area contributed by atoms with Crippen molar-refractivity contribution in [1.29, 1.82) is 4.78 Å². The number of alkyl halides is 6. The van der Waals surface area contributed by atoms with Gasteiger partial charge in [0.2, 0.25) is 0 Å². The molecule has 0 bridgehead atoms. The molecule has 0 radical (unpaired) electrons. The van der Waals surface area contributed by atoms with E-state index in [-0.39, 0.29) is 0 Å². The lowest BCUT2D eigenvalue weighted by molar-refractivity contribution is -0.0754. The zero-order chi connectivity index (χ0) is 12.8. The fourth-order valence-corrected chi connectivity index (χ4v) is 1.20. The smallest absolute Gasteiger partial charge is 0.317 e. The van der Waals surface area contributed by atoms with E-state index in [0.717, 1.165) is 0 Å². The molecule has 0 aliphatic carbocycles. The Morgan fingerprint density at radius 1 is 0.812 bits per heavy atom. The Hall–Kier alpha value is -0.310. The van der Waals surface area contributed by atoms with Gasteiger partial charge < -0.3 is 5.32 Å². The van der Waals surface area contributed by atoms with Crippen LogP contribution in [-0.4, -0.2) is 24.1 Å². The first-order valence-electron chi connectivity index (χ1n) is 4.45. The van der Waals surface area contributed by atoms with Gasteiger partial charge in [-0.05, 0) is 25.9 Å². The lowest BCUT2D eigenvalue weighted by Gasteiger charge is -2.11. The van der Waals surface area contributed by atoms with Crippen molar-refractivity contribution in [2.24, 2.45) is 0 Å². The van der Waals surface area contributed by atoms with Gasteiger partial charge in [-0.3, -0.25) is 4.78 Å². The van der Waals surface area contributed by atoms with Crippen molar-refractivity contribution in [2.75, 3.05) is 13.1 Å². The minimum atomic E-state index is -5.49. The number of piperidine rings is 1. The highest BCUT2D eigenvalue weighted by Crippen LogP contribution is 2.33. The first-order valence-corrected chi connectivity index (χ1v) is 5.68. The Morgan fingerprint density at radius 2 is 1.19 bits per heavy atom. The molecule has 0 atom stereocenters. The van der Waals surface area contributed by atoms with Crippen LogP contribution in [0.15, 0.2) is 0 Å². The van der Waals surface area contributed by atoms with Crippen molar-refractivity contribution < 1.29 is 26.3 Å². The summed E-state index contributed by atoms with van der Waals surface area (Å²) in [4.78, 5) is 0. The van der Waals surface area contributed by atoms with Crippen molar-refractivity contribution >= 4 is 10.7 Å². The van der Waals surface area contributed by atoms with Gasteiger partial charge in [-0.15, -0.1) is 0 Å². The molecule has 1 fully saturated rings. The Kier molecular flexibility index (Phi) is 6.31. The van der Waals surface area contributed by atoms with E-state index in [1.807, 2.05) is 0 Å². The Balaban J connectivity index is 0.000000315. The lowest BCUT2D eigenvalue weighted by Crippen LogP contribution is -2.28. The standard InChI is InChI=1S/C5H11N.C2HF6NS/c1-2-4-6-5-3-1;3-1(4,5)10(9)2(6,7)8/h6H,1-5H2;9H. The second kappa shape index (κ2) is 6.43. The van der Waals surface area contributed by atoms with Gasteiger partial charge in [0.1, 0.15) is 10.7 Å². The highest BCUT2D eigenvalue weighted by molar-refractivity contribution is 7.87. The summed E-state index contributed by atoms with van der Waals surface area (Å²) in [5.74, 6) is 0. The first-order chi connectivity index (χ1) is 7.15. The lowest BCUT2D eigenvalue weighted by atomic mass is 10.2. The van der Waals surface area contributed by atoms with Crippen molar-refractivity contribution in [2.45, 2.75) is 30.3 Å². The molecular formula is C7H12F6N2S. The Bertz CT molecular complexity index is 192. The van der Waals surface area contributed by atoms with Gasteiger partial charge in [-0.25, -0.2) is 0 Å². The van der Waals surface area contributed by atoms with Gasteiger partial charge in [-0.1, -0.05) is 6.42 Å². The van der Waals surface area contributed by atoms with Crippen molar-refractivity contribution in [3.05, 3.63) is 0 Å². The van der Waals surface area contributed by atoms with Crippen LogP contribution in [0.2, 0.25) is 0 Å². The molecule has 0 aromatic carbocycles. The summed E-state index contributed by atoms with van der Waals surface area (Å²) in [6.07, 6.45) is 4.22. The summed E-state index contributed by atoms with van der Waals surface area (Å²) < 4.78 is 72.0. The monoisotopic (exact) mass is 270 g/mol. The maximum absolute atomic E-state index is 11.0. The first kappa shape index (κ1) is 15.7. The SMILES string of the molecule is C1CCNCC1.N=S(C(F)(F)F)C(F)(F)F. The average molecular weight is 270 g/mol. The van der Waals surface area contributed by atoms with E-state index in [2.05, 4.69) is 5.32 Å². The second-order valence-electron chi connectivity index (χ2n) is 3.01. The molecule has 2 N–H and O–H groups in total. The molecule has 1 aliphatic rings. The number of hydrogen-bond donors (Lipinski definition) is 2. The third-order valence-corrected chi connectivity index (χ3v) is 2.60. The third kappa shape index (κ3) is 7.04. The molecule has 98 valence electrons. The topological polar surface area (TPSA) is 35.9 Å². The predicted molar refractivity (Wildman–Crippen MR) is 48.9 cm³/mol. The molecule has 16 heavy (non-hydrogen) atoms. The summed E-state index contributed by atoms with van der Waals surface area (Å²) in [6.45, 7) is 2.50. The predicted octanol–water partition coefficient (Wildman–Crippen LogP) is 3.17. The molecule has 1 aliphatic heterocycles. The van der Waals surface area contributed by atoms with Crippen LogP contribution in [0.5, 0.6) is 0 Å². The fraction of sp³-hybridized carbons (Fsp3) is 1.00. The van der Waals surface area contributed by atoms with Crippen LogP contribution < -0.4 is 5.32 Å². The summed E-state index contributed by atoms with van der Waals surface area (Å²) in [5, 5.41) is 3.28. The molecule has 0 aromatic rings. The molecular weight excluding hydrogens is 258 g/mol. The van der Waals surface area contributed by atoms with Crippen LogP contribution in [0.3, 0.4) is 0 Å². The molecule has 1 saturated heterocycles. The zero-order valence-corrected chi connectivity index (χ0v) is 9.03. The molecule has 0 aromatic heterocycles. The van der Waals surface area contributed by atoms with Crippen molar-refractivity contribution in [3.8, 4) is 0 Å². The second-order valence-corrected chi connectivity index (χ2v) is 4.55. The number of hydrogen-bond acceptors (Lipinski definition) is 2. The highest BCUT2D eigenvalue weighted by atomic mass is 32.2. The Morgan fingerprint density at radius 3 is 1.25 bits per heavy atom. The third-order valence-electron chi connectivity index (χ3n) is 1.67. The normalized spacial score (nSPS) is 17.9. The summed E-state index contributed by atoms with van der Waals surface area (Å²) in [5.41, 5.74) is -11.0. The molecule has 0 saturated carbocycles. The van der Waals surface area contributed by atoms with Crippen LogP contribution in [0, 0.1) is 4.78 Å². The van der Waals surface area contributed by atoms with Gasteiger partial charge in [0.05, 0.1) is 0 Å². The van der Waals surface area contributed by atoms with E-state index in [1.165, 1.54) is 32.4 Å². The van der Waals surface area contributed by atoms with Gasteiger partial charge >= 0.3 is 11.0 Å². The quantitative estimate of drug-likeness (QED) is 0.652.